The van der Waals surface area contributed by atoms with Crippen LogP contribution >= 0.6 is 23.4 Å². The number of aryl methyl sites for hydroxylation is 1. The van der Waals surface area contributed by atoms with E-state index in [1.807, 2.05) is 23.9 Å². The number of hydrogen-bond donors (Lipinski definition) is 0. The molecule has 1 heterocycles. The molecule has 0 aliphatic heterocycles. The molecule has 116 valence electrons. The molecule has 4 nitrogen and oxygen atoms in total. The van der Waals surface area contributed by atoms with Gasteiger partial charge in [0.2, 0.25) is 0 Å². The van der Waals surface area contributed by atoms with Crippen molar-refractivity contribution in [2.75, 3.05) is 26.2 Å². The standard InChI is InChI=1S/C15H21ClN2O2S/c1-19-13-8-11-12(9-14(13)20-2)18(15(10-16)17-11)6-4-5-7-21-3/h8-9H,4-7,10H2,1-3H3. The summed E-state index contributed by atoms with van der Waals surface area (Å²) in [5.41, 5.74) is 1.95. The largest absolute Gasteiger partial charge is 0.493 e. The lowest BCUT2D eigenvalue weighted by Crippen LogP contribution is -2.03. The van der Waals surface area contributed by atoms with Gasteiger partial charge in [-0.25, -0.2) is 4.98 Å². The molecule has 0 spiro atoms. The number of thioether (sulfide) groups is 1. The number of halogens is 1. The molecule has 0 saturated carbocycles. The smallest absolute Gasteiger partial charge is 0.163 e. The predicted molar refractivity (Wildman–Crippen MR) is 90.0 cm³/mol. The minimum atomic E-state index is 0.405. The Morgan fingerprint density at radius 2 is 1.90 bits per heavy atom. The van der Waals surface area contributed by atoms with E-state index < -0.39 is 0 Å². The topological polar surface area (TPSA) is 36.3 Å². The Labute approximate surface area is 134 Å². The van der Waals surface area contributed by atoms with Crippen molar-refractivity contribution in [2.45, 2.75) is 25.3 Å². The van der Waals surface area contributed by atoms with Crippen LogP contribution in [0.3, 0.4) is 0 Å². The molecule has 0 aliphatic carbocycles. The third kappa shape index (κ3) is 3.58. The van der Waals surface area contributed by atoms with E-state index in [9.17, 15) is 0 Å². The van der Waals surface area contributed by atoms with Crippen molar-refractivity contribution in [2.24, 2.45) is 0 Å². The number of nitrogens with zero attached hydrogens (tertiary/aromatic N) is 2. The second-order valence-corrected chi connectivity index (χ2v) is 5.96. The number of benzene rings is 1. The molecule has 6 heteroatoms. The number of methoxy groups -OCH3 is 2. The first-order chi connectivity index (χ1) is 10.2. The van der Waals surface area contributed by atoms with Crippen molar-refractivity contribution in [3.63, 3.8) is 0 Å². The van der Waals surface area contributed by atoms with Gasteiger partial charge in [-0.1, -0.05) is 0 Å². The lowest BCUT2D eigenvalue weighted by atomic mass is 10.2. The number of aromatic nitrogens is 2. The minimum Gasteiger partial charge on any atom is -0.493 e. The molecule has 0 saturated heterocycles. The number of hydrogen-bond acceptors (Lipinski definition) is 4. The van der Waals surface area contributed by atoms with Crippen molar-refractivity contribution in [1.82, 2.24) is 9.55 Å². The quantitative estimate of drug-likeness (QED) is 0.543. The van der Waals surface area contributed by atoms with Crippen LogP contribution in [0.15, 0.2) is 12.1 Å². The maximum absolute atomic E-state index is 6.04. The Kier molecular flexibility index (Phi) is 6.06. The maximum Gasteiger partial charge on any atom is 0.163 e. The summed E-state index contributed by atoms with van der Waals surface area (Å²) in [6, 6.07) is 3.88. The van der Waals surface area contributed by atoms with Gasteiger partial charge >= 0.3 is 0 Å². The van der Waals surface area contributed by atoms with Gasteiger partial charge in [0.05, 0.1) is 31.1 Å². The van der Waals surface area contributed by atoms with E-state index >= 15 is 0 Å². The molecule has 0 fully saturated rings. The van der Waals surface area contributed by atoms with Crippen LogP contribution in [-0.4, -0.2) is 35.8 Å². The molecular weight excluding hydrogens is 308 g/mol. The summed E-state index contributed by atoms with van der Waals surface area (Å²) in [5.74, 6) is 3.89. The zero-order valence-corrected chi connectivity index (χ0v) is 14.3. The highest BCUT2D eigenvalue weighted by Gasteiger charge is 2.14. The molecule has 2 aromatic rings. The fraction of sp³-hybridized carbons (Fsp3) is 0.533. The number of imidazole rings is 1. The Bertz CT molecular complexity index is 601. The number of ether oxygens (including phenoxy) is 2. The summed E-state index contributed by atoms with van der Waals surface area (Å²) in [7, 11) is 3.27. The Morgan fingerprint density at radius 3 is 2.52 bits per heavy atom. The highest BCUT2D eigenvalue weighted by Crippen LogP contribution is 2.32. The van der Waals surface area contributed by atoms with Crippen LogP contribution in [0.4, 0.5) is 0 Å². The molecule has 1 aromatic carbocycles. The van der Waals surface area contributed by atoms with E-state index in [0.717, 1.165) is 35.6 Å². The third-order valence-corrected chi connectivity index (χ3v) is 4.37. The van der Waals surface area contributed by atoms with Gasteiger partial charge in [-0.3, -0.25) is 0 Å². The van der Waals surface area contributed by atoms with Gasteiger partial charge in [0.25, 0.3) is 0 Å². The van der Waals surface area contributed by atoms with Crippen LogP contribution < -0.4 is 9.47 Å². The van der Waals surface area contributed by atoms with Crippen molar-refractivity contribution in [1.29, 1.82) is 0 Å². The van der Waals surface area contributed by atoms with Gasteiger partial charge in [0.1, 0.15) is 5.82 Å². The minimum absolute atomic E-state index is 0.405. The van der Waals surface area contributed by atoms with Crippen LogP contribution in [0.25, 0.3) is 11.0 Å². The Balaban J connectivity index is 2.37. The van der Waals surface area contributed by atoms with Crippen LogP contribution in [0.2, 0.25) is 0 Å². The summed E-state index contributed by atoms with van der Waals surface area (Å²) < 4.78 is 12.9. The lowest BCUT2D eigenvalue weighted by molar-refractivity contribution is 0.355. The third-order valence-electron chi connectivity index (χ3n) is 3.43. The Hall–Kier alpha value is -1.07. The average Bonchev–Trinajstić information content (AvgIpc) is 2.86. The van der Waals surface area contributed by atoms with Gasteiger partial charge in [0.15, 0.2) is 11.5 Å². The highest BCUT2D eigenvalue weighted by molar-refractivity contribution is 7.98. The van der Waals surface area contributed by atoms with Crippen LogP contribution in [0, 0.1) is 0 Å². The second-order valence-electron chi connectivity index (χ2n) is 4.71. The SMILES string of the molecule is COc1cc2nc(CCl)n(CCCCSC)c2cc1OC. The zero-order valence-electron chi connectivity index (χ0n) is 12.7. The van der Waals surface area contributed by atoms with E-state index in [0.29, 0.717) is 11.6 Å². The fourth-order valence-corrected chi connectivity index (χ4v) is 3.07. The molecule has 0 amide bonds. The molecule has 0 unspecified atom stereocenters. The molecular formula is C15H21ClN2O2S. The normalized spacial score (nSPS) is 11.0. The van der Waals surface area contributed by atoms with E-state index in [-0.39, 0.29) is 0 Å². The number of unbranched alkanes of at least 4 members (excludes halogenated alkanes) is 1. The summed E-state index contributed by atoms with van der Waals surface area (Å²) >= 11 is 7.92. The number of rotatable bonds is 8. The van der Waals surface area contributed by atoms with Gasteiger partial charge < -0.3 is 14.0 Å². The first kappa shape index (κ1) is 16.3. The first-order valence-electron chi connectivity index (χ1n) is 6.91. The van der Waals surface area contributed by atoms with Crippen LogP contribution in [-0.2, 0) is 12.4 Å². The van der Waals surface area contributed by atoms with Gasteiger partial charge in [0, 0.05) is 18.7 Å². The summed E-state index contributed by atoms with van der Waals surface area (Å²) in [6.07, 6.45) is 4.44. The van der Waals surface area contributed by atoms with Crippen molar-refractivity contribution in [3.05, 3.63) is 18.0 Å². The molecule has 0 bridgehead atoms. The van der Waals surface area contributed by atoms with Crippen LogP contribution in [0.1, 0.15) is 18.7 Å². The second kappa shape index (κ2) is 7.80. The molecule has 0 atom stereocenters. The van der Waals surface area contributed by atoms with Gasteiger partial charge in [-0.15, -0.1) is 11.6 Å². The van der Waals surface area contributed by atoms with E-state index in [1.54, 1.807) is 14.2 Å². The number of alkyl halides is 1. The molecule has 2 rings (SSSR count). The monoisotopic (exact) mass is 328 g/mol. The van der Waals surface area contributed by atoms with E-state index in [2.05, 4.69) is 15.8 Å². The van der Waals surface area contributed by atoms with E-state index in [4.69, 9.17) is 21.1 Å². The zero-order chi connectivity index (χ0) is 15.2. The maximum atomic E-state index is 6.04. The predicted octanol–water partition coefficient (Wildman–Crippen LogP) is 3.94. The average molecular weight is 329 g/mol. The molecule has 0 N–H and O–H groups in total. The fourth-order valence-electron chi connectivity index (χ4n) is 2.37. The van der Waals surface area contributed by atoms with Gasteiger partial charge in [-0.05, 0) is 24.9 Å². The molecule has 21 heavy (non-hydrogen) atoms. The Morgan fingerprint density at radius 1 is 1.19 bits per heavy atom. The molecule has 0 radical (unpaired) electrons. The number of fused-ring (bicyclic) bond motifs is 1. The van der Waals surface area contributed by atoms with Crippen LogP contribution in [0.5, 0.6) is 11.5 Å². The lowest BCUT2D eigenvalue weighted by Gasteiger charge is -2.10. The molecule has 0 aliphatic rings. The van der Waals surface area contributed by atoms with E-state index in [1.165, 1.54) is 12.2 Å². The van der Waals surface area contributed by atoms with Gasteiger partial charge in [-0.2, -0.15) is 11.8 Å². The van der Waals surface area contributed by atoms with Crippen molar-refractivity contribution >= 4 is 34.4 Å². The van der Waals surface area contributed by atoms with Crippen molar-refractivity contribution in [3.8, 4) is 11.5 Å². The van der Waals surface area contributed by atoms with Crippen molar-refractivity contribution < 1.29 is 9.47 Å². The summed E-state index contributed by atoms with van der Waals surface area (Å²) in [5, 5.41) is 0. The summed E-state index contributed by atoms with van der Waals surface area (Å²) in [6.45, 7) is 0.925. The summed E-state index contributed by atoms with van der Waals surface area (Å²) in [4.78, 5) is 4.60. The first-order valence-corrected chi connectivity index (χ1v) is 8.84. The highest BCUT2D eigenvalue weighted by atomic mass is 35.5. The molecule has 1 aromatic heterocycles.